The molecule has 0 saturated heterocycles. The third-order valence-corrected chi connectivity index (χ3v) is 6.29. The van der Waals surface area contributed by atoms with Crippen LogP contribution in [0.1, 0.15) is 61.5 Å². The van der Waals surface area contributed by atoms with E-state index >= 15 is 0 Å². The summed E-state index contributed by atoms with van der Waals surface area (Å²) >= 11 is 0. The predicted molar refractivity (Wildman–Crippen MR) is 92.4 cm³/mol. The number of carbonyl (C=O) groups is 1. The van der Waals surface area contributed by atoms with Crippen molar-refractivity contribution >= 4 is 5.78 Å². The van der Waals surface area contributed by atoms with Crippen molar-refractivity contribution < 1.29 is 24.9 Å². The van der Waals surface area contributed by atoms with Crippen molar-refractivity contribution in [1.29, 1.82) is 0 Å². The minimum atomic E-state index is -0.512. The van der Waals surface area contributed by atoms with E-state index in [9.17, 15) is 20.1 Å². The number of ketones is 1. The maximum absolute atomic E-state index is 12.9. The van der Waals surface area contributed by atoms with Gasteiger partial charge in [0.2, 0.25) is 0 Å². The van der Waals surface area contributed by atoms with Crippen LogP contribution in [0, 0.1) is 5.41 Å². The number of aliphatic hydroxyl groups is 1. The smallest absolute Gasteiger partial charge is 0.190 e. The van der Waals surface area contributed by atoms with Gasteiger partial charge in [0.25, 0.3) is 0 Å². The Bertz CT molecular complexity index is 820. The van der Waals surface area contributed by atoms with Gasteiger partial charge in [-0.3, -0.25) is 4.79 Å². The molecule has 25 heavy (non-hydrogen) atoms. The summed E-state index contributed by atoms with van der Waals surface area (Å²) in [5.41, 5.74) is 1.45. The van der Waals surface area contributed by atoms with Crippen LogP contribution in [0.15, 0.2) is 11.6 Å². The van der Waals surface area contributed by atoms with E-state index < -0.39 is 11.5 Å². The number of allylic oxidation sites excluding steroid dienone is 2. The summed E-state index contributed by atoms with van der Waals surface area (Å²) in [5.74, 6) is -0.212. The Labute approximate surface area is 146 Å². The summed E-state index contributed by atoms with van der Waals surface area (Å²) in [7, 11) is 0. The molecule has 5 heteroatoms. The van der Waals surface area contributed by atoms with Crippen molar-refractivity contribution in [3.63, 3.8) is 0 Å². The van der Waals surface area contributed by atoms with Gasteiger partial charge in [-0.1, -0.05) is 32.8 Å². The van der Waals surface area contributed by atoms with E-state index in [0.29, 0.717) is 11.1 Å². The van der Waals surface area contributed by atoms with Crippen LogP contribution < -0.4 is 4.74 Å². The van der Waals surface area contributed by atoms with Gasteiger partial charge in [0, 0.05) is 23.0 Å². The molecule has 3 aliphatic rings. The van der Waals surface area contributed by atoms with Gasteiger partial charge >= 0.3 is 0 Å². The van der Waals surface area contributed by atoms with Crippen LogP contribution in [-0.2, 0) is 11.8 Å². The van der Waals surface area contributed by atoms with Crippen LogP contribution >= 0.6 is 0 Å². The zero-order chi connectivity index (χ0) is 18.1. The van der Waals surface area contributed by atoms with Crippen LogP contribution in [-0.4, -0.2) is 33.8 Å². The molecule has 5 nitrogen and oxygen atoms in total. The van der Waals surface area contributed by atoms with E-state index in [4.69, 9.17) is 4.74 Å². The molecule has 4 rings (SSSR count). The van der Waals surface area contributed by atoms with Crippen molar-refractivity contribution in [2.24, 2.45) is 5.41 Å². The summed E-state index contributed by atoms with van der Waals surface area (Å²) in [6.45, 7) is 6.07. The lowest BCUT2D eigenvalue weighted by Gasteiger charge is -2.48. The molecule has 1 aromatic rings. The van der Waals surface area contributed by atoms with Crippen molar-refractivity contribution in [3.05, 3.63) is 28.3 Å². The molecule has 0 radical (unpaired) electrons. The summed E-state index contributed by atoms with van der Waals surface area (Å²) in [6.07, 6.45) is 4.20. The molecular formula is C20H24O5. The molecule has 0 spiro atoms. The van der Waals surface area contributed by atoms with Gasteiger partial charge in [-0.2, -0.15) is 0 Å². The molecule has 0 aromatic heterocycles. The molecule has 1 heterocycles. The van der Waals surface area contributed by atoms with Crippen LogP contribution in [0.4, 0.5) is 0 Å². The van der Waals surface area contributed by atoms with E-state index in [1.807, 2.05) is 6.92 Å². The number of aliphatic hydroxyl groups excluding tert-OH is 1. The largest absolute Gasteiger partial charge is 0.507 e. The zero-order valence-electron chi connectivity index (χ0n) is 14.8. The fourth-order valence-electron chi connectivity index (χ4n) is 5.10. The molecule has 1 aliphatic heterocycles. The number of benzene rings is 1. The summed E-state index contributed by atoms with van der Waals surface area (Å²) in [5, 5.41) is 31.1. The standard InChI is InChI=1S/C20H24O5/c1-19(2)5-4-6-20(3)13(19)8-12(22)14-15(20)17(24)18-11(16(14)23)7-10(9-21)25-18/h8,10,21,23-24H,4-7,9H2,1-3H3/t10-,20+/m1/s1. The highest BCUT2D eigenvalue weighted by atomic mass is 16.5. The number of fused-ring (bicyclic) bond motifs is 4. The quantitative estimate of drug-likeness (QED) is 0.682. The van der Waals surface area contributed by atoms with Crippen molar-refractivity contribution in [2.75, 3.05) is 6.61 Å². The van der Waals surface area contributed by atoms with E-state index in [0.717, 1.165) is 24.8 Å². The topological polar surface area (TPSA) is 87.0 Å². The molecule has 2 aliphatic carbocycles. The Morgan fingerprint density at radius 1 is 1.20 bits per heavy atom. The normalized spacial score (nSPS) is 29.4. The third-order valence-electron chi connectivity index (χ3n) is 6.29. The highest BCUT2D eigenvalue weighted by molar-refractivity contribution is 6.11. The van der Waals surface area contributed by atoms with E-state index in [-0.39, 0.29) is 47.0 Å². The van der Waals surface area contributed by atoms with E-state index in [1.54, 1.807) is 6.08 Å². The molecule has 1 fully saturated rings. The number of phenols is 2. The van der Waals surface area contributed by atoms with Crippen molar-refractivity contribution in [2.45, 2.75) is 58.0 Å². The number of phenolic OH excluding ortho intramolecular Hbond substituents is 2. The average molecular weight is 344 g/mol. The maximum Gasteiger partial charge on any atom is 0.190 e. The number of hydrogen-bond acceptors (Lipinski definition) is 5. The fraction of sp³-hybridized carbons (Fsp3) is 0.550. The second-order valence-corrected chi connectivity index (χ2v) is 8.37. The van der Waals surface area contributed by atoms with Gasteiger partial charge < -0.3 is 20.1 Å². The first kappa shape index (κ1) is 16.5. The van der Waals surface area contributed by atoms with Crippen LogP contribution in [0.25, 0.3) is 0 Å². The van der Waals surface area contributed by atoms with E-state index in [2.05, 4.69) is 13.8 Å². The molecule has 1 aromatic carbocycles. The molecule has 0 bridgehead atoms. The monoisotopic (exact) mass is 344 g/mol. The number of ether oxygens (including phenoxy) is 1. The van der Waals surface area contributed by atoms with Crippen molar-refractivity contribution in [1.82, 2.24) is 0 Å². The van der Waals surface area contributed by atoms with Crippen LogP contribution in [0.5, 0.6) is 17.2 Å². The number of hydrogen-bond donors (Lipinski definition) is 3. The number of carbonyl (C=O) groups excluding carboxylic acids is 1. The van der Waals surface area contributed by atoms with Crippen LogP contribution in [0.2, 0.25) is 0 Å². The Kier molecular flexibility index (Phi) is 3.30. The minimum absolute atomic E-state index is 0.0575. The van der Waals surface area contributed by atoms with Gasteiger partial charge in [-0.25, -0.2) is 0 Å². The van der Waals surface area contributed by atoms with Gasteiger partial charge in [0.05, 0.1) is 12.2 Å². The number of rotatable bonds is 1. The van der Waals surface area contributed by atoms with Gasteiger partial charge in [0.1, 0.15) is 11.9 Å². The van der Waals surface area contributed by atoms with Gasteiger partial charge in [-0.15, -0.1) is 0 Å². The lowest BCUT2D eigenvalue weighted by Crippen LogP contribution is -2.41. The first-order valence-electron chi connectivity index (χ1n) is 8.86. The van der Waals surface area contributed by atoms with Gasteiger partial charge in [0.15, 0.2) is 17.3 Å². The zero-order valence-corrected chi connectivity index (χ0v) is 14.8. The van der Waals surface area contributed by atoms with Crippen LogP contribution in [0.3, 0.4) is 0 Å². The molecule has 1 saturated carbocycles. The average Bonchev–Trinajstić information content (AvgIpc) is 2.98. The minimum Gasteiger partial charge on any atom is -0.507 e. The van der Waals surface area contributed by atoms with Gasteiger partial charge in [-0.05, 0) is 24.3 Å². The summed E-state index contributed by atoms with van der Waals surface area (Å²) < 4.78 is 5.65. The highest BCUT2D eigenvalue weighted by Gasteiger charge is 2.50. The Balaban J connectivity index is 2.01. The molecule has 0 amide bonds. The second-order valence-electron chi connectivity index (χ2n) is 8.37. The fourth-order valence-corrected chi connectivity index (χ4v) is 5.10. The first-order valence-corrected chi connectivity index (χ1v) is 8.86. The Morgan fingerprint density at radius 2 is 1.92 bits per heavy atom. The molecular weight excluding hydrogens is 320 g/mol. The summed E-state index contributed by atoms with van der Waals surface area (Å²) in [6, 6.07) is 0. The second kappa shape index (κ2) is 5.01. The molecule has 0 unspecified atom stereocenters. The Hall–Kier alpha value is -2.01. The number of aromatic hydroxyl groups is 2. The maximum atomic E-state index is 12.9. The van der Waals surface area contributed by atoms with E-state index in [1.165, 1.54) is 0 Å². The summed E-state index contributed by atoms with van der Waals surface area (Å²) in [4.78, 5) is 12.9. The molecule has 2 atom stereocenters. The Morgan fingerprint density at radius 3 is 2.60 bits per heavy atom. The molecule has 134 valence electrons. The highest BCUT2D eigenvalue weighted by Crippen LogP contribution is 2.60. The lowest BCUT2D eigenvalue weighted by atomic mass is 9.55. The lowest BCUT2D eigenvalue weighted by molar-refractivity contribution is 0.102. The molecule has 3 N–H and O–H groups in total. The SMILES string of the molecule is CC1(C)CCC[C@@]2(C)C1=CC(=O)c1c(O)c3c(c(O)c12)O[C@@H](CO)C3. The van der Waals surface area contributed by atoms with Crippen molar-refractivity contribution in [3.8, 4) is 17.2 Å². The predicted octanol–water partition coefficient (Wildman–Crippen LogP) is 2.98. The third kappa shape index (κ3) is 2.02. The first-order chi connectivity index (χ1) is 11.7.